The maximum Gasteiger partial charge on any atom is 0.248 e. The molecule has 0 saturated heterocycles. The average Bonchev–Trinajstić information content (AvgIpc) is 2.87. The number of hydrogen-bond donors (Lipinski definition) is 1. The molecule has 1 amide bonds. The maximum atomic E-state index is 13.6. The number of nitrogens with one attached hydrogen (secondary N) is 1. The van der Waals surface area contributed by atoms with Crippen LogP contribution in [0.4, 0.5) is 10.1 Å². The average molecular weight is 375 g/mol. The van der Waals surface area contributed by atoms with Crippen molar-refractivity contribution in [3.8, 4) is 0 Å². The Labute approximate surface area is 140 Å². The van der Waals surface area contributed by atoms with Crippen LogP contribution >= 0.6 is 15.9 Å². The van der Waals surface area contributed by atoms with Crippen molar-refractivity contribution in [2.75, 3.05) is 5.32 Å². The number of halogens is 2. The number of benzene rings is 2. The van der Waals surface area contributed by atoms with Gasteiger partial charge in [0, 0.05) is 28.7 Å². The van der Waals surface area contributed by atoms with Crippen LogP contribution in [0.3, 0.4) is 0 Å². The van der Waals surface area contributed by atoms with Gasteiger partial charge in [-0.05, 0) is 42.5 Å². The van der Waals surface area contributed by atoms with E-state index in [1.807, 2.05) is 0 Å². The number of oxazole rings is 1. The topological polar surface area (TPSA) is 55.1 Å². The molecule has 0 atom stereocenters. The van der Waals surface area contributed by atoms with Gasteiger partial charge in [0.05, 0.1) is 0 Å². The summed E-state index contributed by atoms with van der Waals surface area (Å²) < 4.78 is 19.7. The van der Waals surface area contributed by atoms with E-state index in [0.29, 0.717) is 28.2 Å². The van der Waals surface area contributed by atoms with Crippen molar-refractivity contribution in [1.29, 1.82) is 0 Å². The number of aromatic nitrogens is 1. The predicted molar refractivity (Wildman–Crippen MR) is 90.5 cm³/mol. The Kier molecular flexibility index (Phi) is 4.25. The van der Waals surface area contributed by atoms with Gasteiger partial charge in [-0.2, -0.15) is 0 Å². The van der Waals surface area contributed by atoms with E-state index in [0.717, 1.165) is 4.47 Å². The van der Waals surface area contributed by atoms with Crippen LogP contribution in [0.25, 0.3) is 17.2 Å². The van der Waals surface area contributed by atoms with E-state index in [-0.39, 0.29) is 5.91 Å². The Morgan fingerprint density at radius 3 is 2.96 bits per heavy atom. The molecule has 1 heterocycles. The molecule has 0 bridgehead atoms. The summed E-state index contributed by atoms with van der Waals surface area (Å²) >= 11 is 3.27. The summed E-state index contributed by atoms with van der Waals surface area (Å²) in [4.78, 5) is 16.2. The second-order valence-corrected chi connectivity index (χ2v) is 5.82. The molecule has 0 spiro atoms. The second kappa shape index (κ2) is 6.34. The maximum absolute atomic E-state index is 13.6. The fourth-order valence-corrected chi connectivity index (χ4v) is 2.49. The highest BCUT2D eigenvalue weighted by atomic mass is 79.9. The van der Waals surface area contributed by atoms with Crippen LogP contribution in [-0.4, -0.2) is 10.9 Å². The molecule has 1 aromatic heterocycles. The molecule has 4 nitrogen and oxygen atoms in total. The van der Waals surface area contributed by atoms with Gasteiger partial charge < -0.3 is 9.73 Å². The summed E-state index contributed by atoms with van der Waals surface area (Å²) in [6.07, 6.45) is 2.71. The minimum atomic E-state index is -0.392. The zero-order chi connectivity index (χ0) is 16.4. The molecule has 0 aliphatic rings. The smallest absolute Gasteiger partial charge is 0.248 e. The molecule has 6 heteroatoms. The van der Waals surface area contributed by atoms with Crippen molar-refractivity contribution in [3.63, 3.8) is 0 Å². The lowest BCUT2D eigenvalue weighted by molar-refractivity contribution is -0.111. The van der Waals surface area contributed by atoms with Gasteiger partial charge in [-0.1, -0.05) is 15.9 Å². The summed E-state index contributed by atoms with van der Waals surface area (Å²) in [7, 11) is 0. The van der Waals surface area contributed by atoms with E-state index >= 15 is 0 Å². The van der Waals surface area contributed by atoms with Crippen LogP contribution < -0.4 is 5.32 Å². The van der Waals surface area contributed by atoms with Crippen molar-refractivity contribution in [2.45, 2.75) is 6.92 Å². The first kappa shape index (κ1) is 15.4. The Hall–Kier alpha value is -2.47. The van der Waals surface area contributed by atoms with Crippen LogP contribution in [0.1, 0.15) is 11.5 Å². The number of aryl methyl sites for hydroxylation is 1. The number of fused-ring (bicyclic) bond motifs is 1. The third kappa shape index (κ3) is 3.65. The Morgan fingerprint density at radius 2 is 2.13 bits per heavy atom. The van der Waals surface area contributed by atoms with Gasteiger partial charge in [0.15, 0.2) is 11.5 Å². The molecule has 0 fully saturated rings. The first-order valence-electron chi connectivity index (χ1n) is 6.82. The Morgan fingerprint density at radius 1 is 1.30 bits per heavy atom. The van der Waals surface area contributed by atoms with Crippen molar-refractivity contribution < 1.29 is 13.6 Å². The summed E-state index contributed by atoms with van der Waals surface area (Å²) in [5.74, 6) is -0.186. The van der Waals surface area contributed by atoms with Crippen LogP contribution in [0.15, 0.2) is 51.4 Å². The molecule has 1 N–H and O–H groups in total. The molecule has 0 saturated carbocycles. The number of carbonyl (C=O) groups is 1. The van der Waals surface area contributed by atoms with Gasteiger partial charge in [-0.25, -0.2) is 9.37 Å². The van der Waals surface area contributed by atoms with E-state index in [9.17, 15) is 9.18 Å². The minimum absolute atomic E-state index is 0.331. The number of hydrogen-bond acceptors (Lipinski definition) is 3. The van der Waals surface area contributed by atoms with Gasteiger partial charge in [0.2, 0.25) is 5.91 Å². The van der Waals surface area contributed by atoms with E-state index < -0.39 is 5.82 Å². The fraction of sp³-hybridized carbons (Fsp3) is 0.0588. The number of rotatable bonds is 3. The number of anilines is 1. The molecule has 0 aliphatic carbocycles. The Bertz CT molecular complexity index is 918. The lowest BCUT2D eigenvalue weighted by Gasteiger charge is -2.02. The molecule has 0 aliphatic heterocycles. The van der Waals surface area contributed by atoms with Crippen LogP contribution in [-0.2, 0) is 4.79 Å². The summed E-state index contributed by atoms with van der Waals surface area (Å²) in [6, 6.07) is 9.71. The Balaban J connectivity index is 1.75. The zero-order valence-electron chi connectivity index (χ0n) is 12.1. The predicted octanol–water partition coefficient (Wildman–Crippen LogP) is 4.69. The first-order chi connectivity index (χ1) is 11.0. The van der Waals surface area contributed by atoms with Crippen LogP contribution in [0.2, 0.25) is 0 Å². The largest absolute Gasteiger partial charge is 0.441 e. The van der Waals surface area contributed by atoms with E-state index in [2.05, 4.69) is 26.2 Å². The highest BCUT2D eigenvalue weighted by Crippen LogP contribution is 2.20. The second-order valence-electron chi connectivity index (χ2n) is 4.90. The summed E-state index contributed by atoms with van der Waals surface area (Å²) in [5.41, 5.74) is 2.25. The van der Waals surface area contributed by atoms with Gasteiger partial charge in [-0.3, -0.25) is 4.79 Å². The lowest BCUT2D eigenvalue weighted by Crippen LogP contribution is -2.07. The highest BCUT2D eigenvalue weighted by Gasteiger charge is 2.05. The van der Waals surface area contributed by atoms with E-state index in [1.54, 1.807) is 37.3 Å². The first-order valence-corrected chi connectivity index (χ1v) is 7.62. The highest BCUT2D eigenvalue weighted by molar-refractivity contribution is 9.10. The van der Waals surface area contributed by atoms with Crippen LogP contribution in [0, 0.1) is 12.7 Å². The molecule has 0 unspecified atom stereocenters. The third-order valence-electron chi connectivity index (χ3n) is 3.13. The molecule has 2 aromatic carbocycles. The zero-order valence-corrected chi connectivity index (χ0v) is 13.7. The van der Waals surface area contributed by atoms with Crippen molar-refractivity contribution in [1.82, 2.24) is 4.98 Å². The summed E-state index contributed by atoms with van der Waals surface area (Å²) in [5, 5.41) is 2.71. The summed E-state index contributed by atoms with van der Waals surface area (Å²) in [6.45, 7) is 1.76. The molecule has 3 aromatic rings. The SMILES string of the molecule is Cc1nc2cc(NC(=O)C=Cc3cc(Br)ccc3F)ccc2o1. The number of carbonyl (C=O) groups excluding carboxylic acids is 1. The van der Waals surface area contributed by atoms with Gasteiger partial charge in [0.1, 0.15) is 11.3 Å². The molecular formula is C17H12BrFN2O2. The molecule has 3 rings (SSSR count). The molecule has 0 radical (unpaired) electrons. The third-order valence-corrected chi connectivity index (χ3v) is 3.63. The van der Waals surface area contributed by atoms with Gasteiger partial charge >= 0.3 is 0 Å². The standard InChI is InChI=1S/C17H12BrFN2O2/c1-10-20-15-9-13(4-6-16(15)23-10)21-17(22)7-2-11-8-12(18)3-5-14(11)19/h2-9H,1H3,(H,21,22). The van der Waals surface area contributed by atoms with Crippen LogP contribution in [0.5, 0.6) is 0 Å². The monoisotopic (exact) mass is 374 g/mol. The molecular weight excluding hydrogens is 363 g/mol. The van der Waals surface area contributed by atoms with Crippen molar-refractivity contribution in [2.24, 2.45) is 0 Å². The van der Waals surface area contributed by atoms with Crippen molar-refractivity contribution in [3.05, 3.63) is 64.2 Å². The van der Waals surface area contributed by atoms with Gasteiger partial charge in [0.25, 0.3) is 0 Å². The van der Waals surface area contributed by atoms with Crippen molar-refractivity contribution >= 4 is 44.7 Å². The lowest BCUT2D eigenvalue weighted by atomic mass is 10.2. The minimum Gasteiger partial charge on any atom is -0.441 e. The van der Waals surface area contributed by atoms with E-state index in [4.69, 9.17) is 4.42 Å². The normalized spacial score (nSPS) is 11.3. The quantitative estimate of drug-likeness (QED) is 0.676. The molecule has 116 valence electrons. The molecule has 23 heavy (non-hydrogen) atoms. The fourth-order valence-electron chi connectivity index (χ4n) is 2.11. The van der Waals surface area contributed by atoms with Gasteiger partial charge in [-0.15, -0.1) is 0 Å². The number of nitrogens with zero attached hydrogens (tertiary/aromatic N) is 1. The number of amides is 1. The van der Waals surface area contributed by atoms with E-state index in [1.165, 1.54) is 18.2 Å².